The molecule has 0 aromatic rings. The molecular formula is C57H108N2O6P+. The Morgan fingerprint density at radius 1 is 0.545 bits per heavy atom. The summed E-state index contributed by atoms with van der Waals surface area (Å²) in [4.78, 5) is 23.1. The van der Waals surface area contributed by atoms with Gasteiger partial charge in [-0.15, -0.1) is 0 Å². The molecule has 0 aliphatic heterocycles. The summed E-state index contributed by atoms with van der Waals surface area (Å²) in [5.74, 6) is -0.192. The summed E-state index contributed by atoms with van der Waals surface area (Å²) < 4.78 is 23.5. The molecule has 0 fully saturated rings. The van der Waals surface area contributed by atoms with Gasteiger partial charge in [0, 0.05) is 6.42 Å². The summed E-state index contributed by atoms with van der Waals surface area (Å²) in [5.41, 5.74) is 0. The molecule has 0 saturated carbocycles. The summed E-state index contributed by atoms with van der Waals surface area (Å²) in [5, 5.41) is 13.8. The number of carbonyl (C=O) groups is 1. The number of allylic oxidation sites excluding steroid dienone is 9. The van der Waals surface area contributed by atoms with Crippen molar-refractivity contribution in [3.05, 3.63) is 60.8 Å². The number of aliphatic hydroxyl groups excluding tert-OH is 1. The van der Waals surface area contributed by atoms with Crippen molar-refractivity contribution < 1.29 is 32.9 Å². The van der Waals surface area contributed by atoms with Crippen molar-refractivity contribution in [1.82, 2.24) is 5.32 Å². The van der Waals surface area contributed by atoms with Crippen LogP contribution in [0, 0.1) is 0 Å². The maximum Gasteiger partial charge on any atom is 0.472 e. The minimum Gasteiger partial charge on any atom is -0.387 e. The first-order valence-corrected chi connectivity index (χ1v) is 29.1. The van der Waals surface area contributed by atoms with Crippen molar-refractivity contribution >= 4 is 13.7 Å². The molecule has 66 heavy (non-hydrogen) atoms. The molecule has 0 heterocycles. The summed E-state index contributed by atoms with van der Waals surface area (Å²) in [6.07, 6.45) is 65.2. The van der Waals surface area contributed by atoms with Crippen LogP contribution in [0.15, 0.2) is 60.8 Å². The third kappa shape index (κ3) is 50.1. The number of carbonyl (C=O) groups excluding carboxylic acids is 1. The average Bonchev–Trinajstić information content (AvgIpc) is 3.28. The van der Waals surface area contributed by atoms with E-state index in [0.717, 1.165) is 51.4 Å². The van der Waals surface area contributed by atoms with Crippen LogP contribution in [0.25, 0.3) is 0 Å². The van der Waals surface area contributed by atoms with E-state index < -0.39 is 20.0 Å². The number of aliphatic hydroxyl groups is 1. The van der Waals surface area contributed by atoms with Gasteiger partial charge in [-0.1, -0.05) is 228 Å². The Kier molecular flexibility index (Phi) is 46.9. The maximum atomic E-state index is 12.9. The highest BCUT2D eigenvalue weighted by Gasteiger charge is 2.27. The van der Waals surface area contributed by atoms with Crippen molar-refractivity contribution in [1.29, 1.82) is 0 Å². The molecule has 0 aromatic carbocycles. The fraction of sp³-hybridized carbons (Fsp3) is 0.807. The second-order valence-corrected chi connectivity index (χ2v) is 21.4. The third-order valence-corrected chi connectivity index (χ3v) is 13.3. The Morgan fingerprint density at radius 3 is 1.38 bits per heavy atom. The number of nitrogens with one attached hydrogen (secondary N) is 1. The second-order valence-electron chi connectivity index (χ2n) is 20.0. The number of amides is 1. The topological polar surface area (TPSA) is 105 Å². The molecule has 0 saturated heterocycles. The van der Waals surface area contributed by atoms with Gasteiger partial charge in [0.1, 0.15) is 13.2 Å². The number of likely N-dealkylation sites (N-methyl/N-ethyl adjacent to an activating group) is 1. The number of phosphoric ester groups is 1. The zero-order valence-corrected chi connectivity index (χ0v) is 44.8. The lowest BCUT2D eigenvalue weighted by Crippen LogP contribution is -2.45. The van der Waals surface area contributed by atoms with Crippen molar-refractivity contribution in [2.75, 3.05) is 40.9 Å². The maximum absolute atomic E-state index is 12.9. The van der Waals surface area contributed by atoms with Crippen molar-refractivity contribution in [3.8, 4) is 0 Å². The number of quaternary nitrogens is 1. The molecule has 0 radical (unpaired) electrons. The van der Waals surface area contributed by atoms with Crippen molar-refractivity contribution in [2.45, 2.75) is 257 Å². The van der Waals surface area contributed by atoms with Gasteiger partial charge in [-0.05, 0) is 71.1 Å². The van der Waals surface area contributed by atoms with E-state index in [-0.39, 0.29) is 19.1 Å². The van der Waals surface area contributed by atoms with Crippen molar-refractivity contribution in [3.63, 3.8) is 0 Å². The molecule has 9 heteroatoms. The summed E-state index contributed by atoms with van der Waals surface area (Å²) >= 11 is 0. The molecule has 3 N–H and O–H groups in total. The first-order chi connectivity index (χ1) is 32.0. The Labute approximate surface area is 409 Å². The Balaban J connectivity index is 3.88. The zero-order chi connectivity index (χ0) is 48.5. The standard InChI is InChI=1S/C57H107N2O6P/c1-6-8-10-12-14-16-17-18-19-20-21-22-23-24-25-26-27-28-29-30-31-32-33-34-35-36-37-38-39-40-41-43-45-47-49-51-57(61)58-55(54-65-66(62,63)64-53-52-59(3,4)5)56(60)50-48-46-44-42-15-13-11-9-7-2/h7,9,15,17-18,20-21,42,48,50,55-56,60H,6,8,10-14,16,19,22-41,43-47,49,51-54H2,1-5H3,(H-,58,61,62,63)/p+1/b9-7+,18-17-,21-20-,42-15+,50-48+. The molecule has 8 nitrogen and oxygen atoms in total. The molecule has 0 spiro atoms. The van der Waals surface area contributed by atoms with Crippen LogP contribution in [-0.4, -0.2) is 73.4 Å². The second kappa shape index (κ2) is 48.2. The van der Waals surface area contributed by atoms with E-state index in [0.29, 0.717) is 17.4 Å². The average molecular weight is 948 g/mol. The van der Waals surface area contributed by atoms with E-state index in [1.165, 1.54) is 173 Å². The highest BCUT2D eigenvalue weighted by Crippen LogP contribution is 2.43. The van der Waals surface area contributed by atoms with Gasteiger partial charge in [-0.25, -0.2) is 4.57 Å². The van der Waals surface area contributed by atoms with E-state index in [1.807, 2.05) is 34.1 Å². The first-order valence-electron chi connectivity index (χ1n) is 27.6. The minimum atomic E-state index is -4.35. The largest absolute Gasteiger partial charge is 0.472 e. The fourth-order valence-corrected chi connectivity index (χ4v) is 8.67. The summed E-state index contributed by atoms with van der Waals surface area (Å²) in [6, 6.07) is -0.867. The smallest absolute Gasteiger partial charge is 0.387 e. The summed E-state index contributed by atoms with van der Waals surface area (Å²) in [7, 11) is 1.54. The van der Waals surface area contributed by atoms with Crippen LogP contribution in [-0.2, 0) is 18.4 Å². The lowest BCUT2D eigenvalue weighted by molar-refractivity contribution is -0.870. The van der Waals surface area contributed by atoms with E-state index in [1.54, 1.807) is 6.08 Å². The van der Waals surface area contributed by atoms with Crippen LogP contribution in [0.1, 0.15) is 245 Å². The number of hydrogen-bond acceptors (Lipinski definition) is 5. The van der Waals surface area contributed by atoms with Gasteiger partial charge < -0.3 is 19.8 Å². The summed E-state index contributed by atoms with van der Waals surface area (Å²) in [6.45, 7) is 4.55. The minimum absolute atomic E-state index is 0.0528. The Hall–Kier alpha value is -1.80. The molecule has 386 valence electrons. The normalized spacial score (nSPS) is 14.5. The number of phosphoric acid groups is 1. The van der Waals surface area contributed by atoms with Crippen LogP contribution in [0.4, 0.5) is 0 Å². The third-order valence-electron chi connectivity index (χ3n) is 12.3. The van der Waals surface area contributed by atoms with Crippen LogP contribution >= 0.6 is 7.82 Å². The molecule has 0 bridgehead atoms. The molecule has 0 aromatic heterocycles. The van der Waals surface area contributed by atoms with Crippen LogP contribution in [0.2, 0.25) is 0 Å². The van der Waals surface area contributed by atoms with Gasteiger partial charge in [0.05, 0.1) is 39.9 Å². The molecular weight excluding hydrogens is 840 g/mol. The zero-order valence-electron chi connectivity index (χ0n) is 43.9. The Bertz CT molecular complexity index is 1260. The number of hydrogen-bond donors (Lipinski definition) is 3. The van der Waals surface area contributed by atoms with Gasteiger partial charge in [-0.2, -0.15) is 0 Å². The van der Waals surface area contributed by atoms with E-state index >= 15 is 0 Å². The molecule has 0 rings (SSSR count). The molecule has 3 atom stereocenters. The van der Waals surface area contributed by atoms with Crippen LogP contribution in [0.3, 0.4) is 0 Å². The predicted octanol–water partition coefficient (Wildman–Crippen LogP) is 16.5. The molecule has 3 unspecified atom stereocenters. The SMILES string of the molecule is C/C=C/CC/C=C/CC/C=C/C(O)C(COP(=O)(O)OCC[N+](C)(C)C)NC(=O)CCCCCCCCCCCCCCCCCCCCCCCCC/C=C\C/C=C\CCCCCCC. The quantitative estimate of drug-likeness (QED) is 0.0243. The van der Waals surface area contributed by atoms with Gasteiger partial charge in [0.25, 0.3) is 0 Å². The lowest BCUT2D eigenvalue weighted by Gasteiger charge is -2.25. The molecule has 0 aliphatic carbocycles. The predicted molar refractivity (Wildman–Crippen MR) is 286 cm³/mol. The van der Waals surface area contributed by atoms with Crippen molar-refractivity contribution in [2.24, 2.45) is 0 Å². The van der Waals surface area contributed by atoms with Gasteiger partial charge in [-0.3, -0.25) is 13.8 Å². The molecule has 0 aliphatic rings. The fourth-order valence-electron chi connectivity index (χ4n) is 7.94. The monoisotopic (exact) mass is 948 g/mol. The highest BCUT2D eigenvalue weighted by molar-refractivity contribution is 7.47. The molecule has 1 amide bonds. The van der Waals surface area contributed by atoms with E-state index in [2.05, 4.69) is 60.8 Å². The number of unbranched alkanes of at least 4 members (excludes halogenated alkanes) is 30. The van der Waals surface area contributed by atoms with E-state index in [9.17, 15) is 19.4 Å². The van der Waals surface area contributed by atoms with Crippen LogP contribution in [0.5, 0.6) is 0 Å². The van der Waals surface area contributed by atoms with Gasteiger partial charge in [0.15, 0.2) is 0 Å². The first kappa shape index (κ1) is 64.2. The van der Waals surface area contributed by atoms with Gasteiger partial charge in [0.2, 0.25) is 5.91 Å². The highest BCUT2D eigenvalue weighted by atomic mass is 31.2. The Morgan fingerprint density at radius 2 is 0.939 bits per heavy atom. The lowest BCUT2D eigenvalue weighted by atomic mass is 10.0. The van der Waals surface area contributed by atoms with E-state index in [4.69, 9.17) is 9.05 Å². The number of nitrogens with zero attached hydrogens (tertiary/aromatic N) is 1. The van der Waals surface area contributed by atoms with Crippen LogP contribution < -0.4 is 5.32 Å². The van der Waals surface area contributed by atoms with Gasteiger partial charge >= 0.3 is 7.82 Å². The number of rotatable bonds is 50.